The molecule has 2 nitrogen and oxygen atoms in total. The topological polar surface area (TPSA) is 43.1 Å². The third-order valence-electron chi connectivity index (χ3n) is 3.93. The fraction of sp³-hybridized carbons (Fsp3) is 0.571. The van der Waals surface area contributed by atoms with Gasteiger partial charge in [0.25, 0.3) is 0 Å². The molecular formula is C14H20BrNOS. The SMILES string of the molecule is CC1(C)CCCC(S(=O)c2ccc(Br)cc2)C1N. The normalized spacial score (nSPS) is 28.9. The molecule has 0 saturated heterocycles. The van der Waals surface area contributed by atoms with E-state index in [1.54, 1.807) is 0 Å². The Morgan fingerprint density at radius 1 is 1.33 bits per heavy atom. The molecule has 0 amide bonds. The molecule has 0 heterocycles. The monoisotopic (exact) mass is 329 g/mol. The van der Waals surface area contributed by atoms with E-state index in [1.165, 1.54) is 0 Å². The van der Waals surface area contributed by atoms with Crippen LogP contribution in [0.2, 0.25) is 0 Å². The van der Waals surface area contributed by atoms with Crippen molar-refractivity contribution in [3.05, 3.63) is 28.7 Å². The number of halogens is 1. The van der Waals surface area contributed by atoms with Gasteiger partial charge in [0.1, 0.15) is 0 Å². The summed E-state index contributed by atoms with van der Waals surface area (Å²) in [6.45, 7) is 4.37. The van der Waals surface area contributed by atoms with Gasteiger partial charge in [0.2, 0.25) is 0 Å². The zero-order valence-corrected chi connectivity index (χ0v) is 13.3. The van der Waals surface area contributed by atoms with E-state index in [9.17, 15) is 4.21 Å². The van der Waals surface area contributed by atoms with Crippen LogP contribution in [0.15, 0.2) is 33.6 Å². The van der Waals surface area contributed by atoms with Gasteiger partial charge in [-0.15, -0.1) is 0 Å². The highest BCUT2D eigenvalue weighted by Crippen LogP contribution is 2.37. The van der Waals surface area contributed by atoms with Gasteiger partial charge in [0, 0.05) is 15.4 Å². The predicted octanol–water partition coefficient (Wildman–Crippen LogP) is 3.46. The highest BCUT2D eigenvalue weighted by molar-refractivity contribution is 9.10. The molecule has 3 atom stereocenters. The number of hydrogen-bond acceptors (Lipinski definition) is 2. The Kier molecular flexibility index (Phi) is 4.29. The lowest BCUT2D eigenvalue weighted by Crippen LogP contribution is -2.51. The first-order valence-corrected chi connectivity index (χ1v) is 8.34. The maximum absolute atomic E-state index is 12.6. The molecule has 1 aromatic carbocycles. The van der Waals surface area contributed by atoms with Gasteiger partial charge in [-0.25, -0.2) is 0 Å². The molecular weight excluding hydrogens is 310 g/mol. The third kappa shape index (κ3) is 2.86. The molecule has 0 aromatic heterocycles. The summed E-state index contributed by atoms with van der Waals surface area (Å²) in [4.78, 5) is 0.886. The van der Waals surface area contributed by atoms with Crippen molar-refractivity contribution < 1.29 is 4.21 Å². The molecule has 4 heteroatoms. The smallest absolute Gasteiger partial charge is 0.0576 e. The summed E-state index contributed by atoms with van der Waals surface area (Å²) < 4.78 is 13.6. The maximum atomic E-state index is 12.6. The van der Waals surface area contributed by atoms with E-state index >= 15 is 0 Å². The minimum atomic E-state index is -1.00. The fourth-order valence-corrected chi connectivity index (χ4v) is 4.63. The minimum Gasteiger partial charge on any atom is -0.326 e. The Morgan fingerprint density at radius 2 is 1.94 bits per heavy atom. The second kappa shape index (κ2) is 5.43. The Hall–Kier alpha value is -0.190. The van der Waals surface area contributed by atoms with Crippen molar-refractivity contribution in [2.75, 3.05) is 0 Å². The first kappa shape index (κ1) is 14.2. The Labute approximate surface area is 120 Å². The van der Waals surface area contributed by atoms with E-state index in [0.29, 0.717) is 0 Å². The molecule has 0 bridgehead atoms. The van der Waals surface area contributed by atoms with Crippen molar-refractivity contribution in [3.8, 4) is 0 Å². The van der Waals surface area contributed by atoms with Crippen molar-refractivity contribution >= 4 is 26.7 Å². The van der Waals surface area contributed by atoms with Crippen LogP contribution in [0.1, 0.15) is 33.1 Å². The van der Waals surface area contributed by atoms with Crippen LogP contribution in [-0.2, 0) is 10.8 Å². The van der Waals surface area contributed by atoms with Crippen molar-refractivity contribution in [2.45, 2.75) is 49.3 Å². The molecule has 2 rings (SSSR count). The molecule has 1 aromatic rings. The van der Waals surface area contributed by atoms with Crippen molar-refractivity contribution in [1.29, 1.82) is 0 Å². The molecule has 3 unspecified atom stereocenters. The second-order valence-electron chi connectivity index (χ2n) is 5.70. The van der Waals surface area contributed by atoms with Crippen LogP contribution in [0.5, 0.6) is 0 Å². The Bertz CT molecular complexity index is 444. The first-order chi connectivity index (χ1) is 8.42. The molecule has 0 spiro atoms. The van der Waals surface area contributed by atoms with Gasteiger partial charge in [0.05, 0.1) is 16.0 Å². The van der Waals surface area contributed by atoms with Crippen molar-refractivity contribution in [3.63, 3.8) is 0 Å². The summed E-state index contributed by atoms with van der Waals surface area (Å²) in [6, 6.07) is 7.73. The third-order valence-corrected chi connectivity index (χ3v) is 6.28. The van der Waals surface area contributed by atoms with Gasteiger partial charge in [0.15, 0.2) is 0 Å². The van der Waals surface area contributed by atoms with E-state index in [0.717, 1.165) is 28.6 Å². The van der Waals surface area contributed by atoms with Crippen LogP contribution in [0.25, 0.3) is 0 Å². The van der Waals surface area contributed by atoms with Crippen molar-refractivity contribution in [1.82, 2.24) is 0 Å². The molecule has 1 saturated carbocycles. The molecule has 1 aliphatic rings. The van der Waals surface area contributed by atoms with Crippen LogP contribution in [-0.4, -0.2) is 15.5 Å². The number of nitrogens with two attached hydrogens (primary N) is 1. The zero-order chi connectivity index (χ0) is 13.3. The van der Waals surface area contributed by atoms with E-state index < -0.39 is 10.8 Å². The quantitative estimate of drug-likeness (QED) is 0.902. The van der Waals surface area contributed by atoms with Gasteiger partial charge in [-0.2, -0.15) is 0 Å². The van der Waals surface area contributed by atoms with Gasteiger partial charge in [-0.3, -0.25) is 4.21 Å². The standard InChI is InChI=1S/C14H20BrNOS/c1-14(2)9-3-4-12(13(14)16)18(17)11-7-5-10(15)6-8-11/h5-8,12-13H,3-4,9,16H2,1-2H3. The fourth-order valence-electron chi connectivity index (χ4n) is 2.59. The first-order valence-electron chi connectivity index (χ1n) is 6.33. The average Bonchev–Trinajstić information content (AvgIpc) is 2.33. The molecule has 2 N–H and O–H groups in total. The van der Waals surface area contributed by atoms with E-state index in [4.69, 9.17) is 5.73 Å². The summed E-state index contributed by atoms with van der Waals surface area (Å²) >= 11 is 3.40. The highest BCUT2D eigenvalue weighted by atomic mass is 79.9. The van der Waals surface area contributed by atoms with Crippen LogP contribution in [0, 0.1) is 5.41 Å². The second-order valence-corrected chi connectivity index (χ2v) is 8.28. The van der Waals surface area contributed by atoms with E-state index in [2.05, 4.69) is 29.8 Å². The van der Waals surface area contributed by atoms with Crippen LogP contribution < -0.4 is 5.73 Å². The van der Waals surface area contributed by atoms with Gasteiger partial charge in [-0.05, 0) is 42.5 Å². The Balaban J connectivity index is 2.20. The lowest BCUT2D eigenvalue weighted by molar-refractivity contribution is 0.206. The lowest BCUT2D eigenvalue weighted by atomic mass is 9.73. The summed E-state index contributed by atoms with van der Waals surface area (Å²) in [5, 5.41) is 0.0786. The summed E-state index contributed by atoms with van der Waals surface area (Å²) in [5.74, 6) is 0. The molecule has 1 aliphatic carbocycles. The molecule has 1 fully saturated rings. The van der Waals surface area contributed by atoms with E-state index in [-0.39, 0.29) is 16.7 Å². The largest absolute Gasteiger partial charge is 0.326 e. The zero-order valence-electron chi connectivity index (χ0n) is 10.9. The molecule has 0 aliphatic heterocycles. The average molecular weight is 330 g/mol. The summed E-state index contributed by atoms with van der Waals surface area (Å²) in [6.07, 6.45) is 3.21. The van der Waals surface area contributed by atoms with E-state index in [1.807, 2.05) is 24.3 Å². The molecule has 100 valence electrons. The van der Waals surface area contributed by atoms with Gasteiger partial charge < -0.3 is 5.73 Å². The van der Waals surface area contributed by atoms with Crippen LogP contribution in [0.3, 0.4) is 0 Å². The summed E-state index contributed by atoms with van der Waals surface area (Å²) in [7, 11) is -1.00. The number of benzene rings is 1. The van der Waals surface area contributed by atoms with Crippen molar-refractivity contribution in [2.24, 2.45) is 11.1 Å². The Morgan fingerprint density at radius 3 is 2.56 bits per heavy atom. The maximum Gasteiger partial charge on any atom is 0.0576 e. The van der Waals surface area contributed by atoms with Crippen LogP contribution in [0.4, 0.5) is 0 Å². The van der Waals surface area contributed by atoms with Gasteiger partial charge in [-0.1, -0.05) is 36.2 Å². The molecule has 18 heavy (non-hydrogen) atoms. The highest BCUT2D eigenvalue weighted by Gasteiger charge is 2.39. The number of hydrogen-bond donors (Lipinski definition) is 1. The van der Waals surface area contributed by atoms with Gasteiger partial charge >= 0.3 is 0 Å². The summed E-state index contributed by atoms with van der Waals surface area (Å²) in [5.41, 5.74) is 6.41. The number of rotatable bonds is 2. The van der Waals surface area contributed by atoms with Crippen LogP contribution >= 0.6 is 15.9 Å². The minimum absolute atomic E-state index is 0.00994. The lowest BCUT2D eigenvalue weighted by Gasteiger charge is -2.41. The molecule has 0 radical (unpaired) electrons. The predicted molar refractivity (Wildman–Crippen MR) is 79.9 cm³/mol.